The Hall–Kier alpha value is -2.75. The Bertz CT molecular complexity index is 1180. The molecule has 4 rings (SSSR count). The molecule has 0 spiro atoms. The van der Waals surface area contributed by atoms with Crippen LogP contribution in [0, 0.1) is 0 Å². The van der Waals surface area contributed by atoms with E-state index in [4.69, 9.17) is 28.4 Å². The molecule has 0 saturated carbocycles. The van der Waals surface area contributed by atoms with Crippen molar-refractivity contribution in [1.29, 1.82) is 0 Å². The van der Waals surface area contributed by atoms with Crippen LogP contribution < -0.4 is 5.32 Å². The number of anilines is 1. The van der Waals surface area contributed by atoms with Crippen LogP contribution in [0.1, 0.15) is 12.5 Å². The van der Waals surface area contributed by atoms with Gasteiger partial charge in [0.15, 0.2) is 5.52 Å². The Morgan fingerprint density at radius 3 is 2.86 bits per heavy atom. The Morgan fingerprint density at radius 1 is 1.28 bits per heavy atom. The largest absolute Gasteiger partial charge is 0.322 e. The van der Waals surface area contributed by atoms with E-state index in [2.05, 4.69) is 15.6 Å². The van der Waals surface area contributed by atoms with E-state index in [0.717, 1.165) is 11.8 Å². The maximum absolute atomic E-state index is 12.9. The number of halogens is 1. The molecule has 3 aromatic rings. The third kappa shape index (κ3) is 3.76. The smallest absolute Gasteiger partial charge is 0.266 e. The minimum atomic E-state index is -0.824. The van der Waals surface area contributed by atoms with E-state index < -0.39 is 11.9 Å². The minimum absolute atomic E-state index is 0.303. The van der Waals surface area contributed by atoms with Gasteiger partial charge in [-0.05, 0) is 47.1 Å². The summed E-state index contributed by atoms with van der Waals surface area (Å²) < 4.78 is 5.01. The van der Waals surface area contributed by atoms with Gasteiger partial charge in [-0.3, -0.25) is 14.5 Å². The van der Waals surface area contributed by atoms with Crippen LogP contribution in [0.5, 0.6) is 0 Å². The van der Waals surface area contributed by atoms with Crippen molar-refractivity contribution in [2.75, 3.05) is 5.32 Å². The predicted octanol–water partition coefficient (Wildman–Crippen LogP) is 4.10. The fraction of sp³-hybridized carbons (Fsp3) is 0.105. The molecule has 1 aliphatic heterocycles. The van der Waals surface area contributed by atoms with Gasteiger partial charge in [-0.2, -0.15) is 0 Å². The number of hydrogen-bond acceptors (Lipinski definition) is 7. The first-order valence-corrected chi connectivity index (χ1v) is 10.1. The second-order valence-corrected chi connectivity index (χ2v) is 8.26. The summed E-state index contributed by atoms with van der Waals surface area (Å²) in [6.45, 7) is 1.61. The zero-order valence-corrected chi connectivity index (χ0v) is 17.3. The van der Waals surface area contributed by atoms with E-state index in [9.17, 15) is 9.59 Å². The molecule has 1 unspecified atom stereocenters. The highest BCUT2D eigenvalue weighted by atomic mass is 35.5. The molecule has 1 saturated heterocycles. The number of nitrogens with zero attached hydrogens (tertiary/aromatic N) is 3. The van der Waals surface area contributed by atoms with Crippen molar-refractivity contribution in [3.8, 4) is 0 Å². The summed E-state index contributed by atoms with van der Waals surface area (Å²) in [5.41, 5.74) is 2.09. The SMILES string of the molecule is CC(C(=O)Nc1cccc2nonc12)N1C(=O)C(=Cc2ccccc2Cl)SC1=S. The van der Waals surface area contributed by atoms with Crippen LogP contribution in [0.15, 0.2) is 52.0 Å². The van der Waals surface area contributed by atoms with E-state index in [1.165, 1.54) is 4.90 Å². The number of hydrogen-bond donors (Lipinski definition) is 1. The Labute approximate surface area is 180 Å². The number of fused-ring (bicyclic) bond motifs is 1. The molecule has 0 bridgehead atoms. The quantitative estimate of drug-likeness (QED) is 0.478. The zero-order chi connectivity index (χ0) is 20.5. The Balaban J connectivity index is 1.55. The summed E-state index contributed by atoms with van der Waals surface area (Å²) in [6.07, 6.45) is 1.67. The van der Waals surface area contributed by atoms with E-state index in [-0.39, 0.29) is 5.91 Å². The van der Waals surface area contributed by atoms with Crippen LogP contribution >= 0.6 is 35.6 Å². The van der Waals surface area contributed by atoms with E-state index in [1.807, 2.05) is 12.1 Å². The van der Waals surface area contributed by atoms with Crippen molar-refractivity contribution < 1.29 is 14.2 Å². The molecule has 1 aliphatic rings. The maximum Gasteiger partial charge on any atom is 0.266 e. The van der Waals surface area contributed by atoms with Gasteiger partial charge in [0.2, 0.25) is 5.91 Å². The Kier molecular flexibility index (Phi) is 5.35. The molecular weight excluding hydrogens is 432 g/mol. The van der Waals surface area contributed by atoms with Gasteiger partial charge in [0, 0.05) is 5.02 Å². The molecule has 29 heavy (non-hydrogen) atoms. The number of carbonyl (C=O) groups excluding carboxylic acids is 2. The van der Waals surface area contributed by atoms with E-state index >= 15 is 0 Å². The molecule has 2 heterocycles. The third-order valence-electron chi connectivity index (χ3n) is 4.33. The third-order valence-corrected chi connectivity index (χ3v) is 6.00. The molecule has 1 atom stereocenters. The highest BCUT2D eigenvalue weighted by Gasteiger charge is 2.38. The maximum atomic E-state index is 12.9. The molecule has 1 aromatic heterocycles. The molecular formula is C19H13ClN4O3S2. The average Bonchev–Trinajstić information content (AvgIpc) is 3.28. The van der Waals surface area contributed by atoms with Crippen molar-refractivity contribution in [3.63, 3.8) is 0 Å². The fourth-order valence-electron chi connectivity index (χ4n) is 2.81. The van der Waals surface area contributed by atoms with Crippen molar-refractivity contribution in [2.45, 2.75) is 13.0 Å². The summed E-state index contributed by atoms with van der Waals surface area (Å²) in [5.74, 6) is -0.750. The topological polar surface area (TPSA) is 88.3 Å². The predicted molar refractivity (Wildman–Crippen MR) is 116 cm³/mol. The van der Waals surface area contributed by atoms with Crippen LogP contribution in [0.3, 0.4) is 0 Å². The van der Waals surface area contributed by atoms with Crippen LogP contribution in [-0.2, 0) is 9.59 Å². The molecule has 10 heteroatoms. The van der Waals surface area contributed by atoms with Gasteiger partial charge in [0.25, 0.3) is 5.91 Å². The monoisotopic (exact) mass is 444 g/mol. The summed E-state index contributed by atoms with van der Waals surface area (Å²) in [6, 6.07) is 11.5. The van der Waals surface area contributed by atoms with Gasteiger partial charge in [-0.25, -0.2) is 4.63 Å². The zero-order valence-electron chi connectivity index (χ0n) is 15.0. The molecule has 1 N–H and O–H groups in total. The van der Waals surface area contributed by atoms with Crippen molar-refractivity contribution in [2.24, 2.45) is 0 Å². The summed E-state index contributed by atoms with van der Waals surface area (Å²) in [7, 11) is 0. The molecule has 146 valence electrons. The van der Waals surface area contributed by atoms with E-state index in [0.29, 0.717) is 36.5 Å². The van der Waals surface area contributed by atoms with Crippen molar-refractivity contribution in [1.82, 2.24) is 15.2 Å². The first kappa shape index (κ1) is 19.6. The lowest BCUT2D eigenvalue weighted by Gasteiger charge is -2.22. The normalized spacial score (nSPS) is 16.6. The van der Waals surface area contributed by atoms with Gasteiger partial charge < -0.3 is 5.32 Å². The summed E-state index contributed by atoms with van der Waals surface area (Å²) >= 11 is 12.6. The molecule has 0 radical (unpaired) electrons. The van der Waals surface area contributed by atoms with Gasteiger partial charge >= 0.3 is 0 Å². The lowest BCUT2D eigenvalue weighted by atomic mass is 10.2. The highest BCUT2D eigenvalue weighted by Crippen LogP contribution is 2.35. The number of amides is 2. The fourth-order valence-corrected chi connectivity index (χ4v) is 4.41. The van der Waals surface area contributed by atoms with Crippen molar-refractivity contribution >= 4 is 74.5 Å². The first-order valence-electron chi connectivity index (χ1n) is 8.49. The number of thioether (sulfide) groups is 1. The molecule has 7 nitrogen and oxygen atoms in total. The average molecular weight is 445 g/mol. The number of thiocarbonyl (C=S) groups is 1. The first-order chi connectivity index (χ1) is 14.0. The van der Waals surface area contributed by atoms with Gasteiger partial charge in [0.05, 0.1) is 10.6 Å². The number of aromatic nitrogens is 2. The molecule has 2 aromatic carbocycles. The lowest BCUT2D eigenvalue weighted by Crippen LogP contribution is -2.44. The number of carbonyl (C=O) groups is 2. The second-order valence-electron chi connectivity index (χ2n) is 6.18. The van der Waals surface area contributed by atoms with Gasteiger partial charge in [-0.1, -0.05) is 59.8 Å². The lowest BCUT2D eigenvalue weighted by molar-refractivity contribution is -0.129. The van der Waals surface area contributed by atoms with Crippen LogP contribution in [0.25, 0.3) is 17.1 Å². The summed E-state index contributed by atoms with van der Waals surface area (Å²) in [4.78, 5) is 27.4. The molecule has 0 aliphatic carbocycles. The number of nitrogens with one attached hydrogen (secondary N) is 1. The van der Waals surface area contributed by atoms with Crippen LogP contribution in [-0.4, -0.2) is 37.4 Å². The van der Waals surface area contributed by atoms with Gasteiger partial charge in [-0.15, -0.1) is 0 Å². The van der Waals surface area contributed by atoms with Crippen LogP contribution in [0.4, 0.5) is 5.69 Å². The summed E-state index contributed by atoms with van der Waals surface area (Å²) in [5, 5.41) is 10.8. The van der Waals surface area contributed by atoms with E-state index in [1.54, 1.807) is 43.3 Å². The highest BCUT2D eigenvalue weighted by molar-refractivity contribution is 8.26. The molecule has 1 fully saturated rings. The Morgan fingerprint density at radius 2 is 2.07 bits per heavy atom. The molecule has 2 amide bonds. The second kappa shape index (κ2) is 7.94. The van der Waals surface area contributed by atoms with Gasteiger partial charge in [0.1, 0.15) is 15.9 Å². The standard InChI is InChI=1S/C19H13ClN4O3S2/c1-10(17(25)21-13-7-4-8-14-16(13)23-27-22-14)24-18(26)15(29-19(24)28)9-11-5-2-3-6-12(11)20/h2-10H,1H3,(H,21,25). The number of rotatable bonds is 4. The van der Waals surface area contributed by atoms with Crippen LogP contribution in [0.2, 0.25) is 5.02 Å². The number of benzene rings is 2. The van der Waals surface area contributed by atoms with Crippen molar-refractivity contribution in [3.05, 3.63) is 58.0 Å². The minimum Gasteiger partial charge on any atom is -0.322 e.